The molecular formula is C19H23N3O2. The van der Waals surface area contributed by atoms with Crippen LogP contribution in [0, 0.1) is 5.92 Å². The van der Waals surface area contributed by atoms with Crippen LogP contribution in [0.5, 0.6) is 0 Å². The van der Waals surface area contributed by atoms with Gasteiger partial charge in [0.1, 0.15) is 0 Å². The Balaban J connectivity index is 1.70. The average Bonchev–Trinajstić information content (AvgIpc) is 3.13. The molecule has 1 aromatic heterocycles. The molecule has 1 aliphatic heterocycles. The van der Waals surface area contributed by atoms with E-state index in [1.807, 2.05) is 48.2 Å². The zero-order chi connectivity index (χ0) is 16.8. The Morgan fingerprint density at radius 2 is 2.12 bits per heavy atom. The van der Waals surface area contributed by atoms with Gasteiger partial charge < -0.3 is 15.0 Å². The summed E-state index contributed by atoms with van der Waals surface area (Å²) >= 11 is 0. The van der Waals surface area contributed by atoms with E-state index in [1.54, 1.807) is 12.4 Å². The van der Waals surface area contributed by atoms with Crippen LogP contribution in [0.2, 0.25) is 0 Å². The molecule has 126 valence electrons. The standard InChI is InChI=1S/C19H23N3O2/c1-2-22(13-15-8-11-24-14-15)19(23)16-4-3-5-18(12-16)21-17-6-9-20-10-7-17/h3-7,9-10,12,15H,2,8,11,13-14H2,1H3,(H,20,21)/t15-/m0/s1. The van der Waals surface area contributed by atoms with Gasteiger partial charge in [0.25, 0.3) is 5.91 Å². The number of carbonyl (C=O) groups excluding carboxylic acids is 1. The number of benzene rings is 1. The Labute approximate surface area is 142 Å². The van der Waals surface area contributed by atoms with Crippen molar-refractivity contribution in [2.24, 2.45) is 5.92 Å². The fourth-order valence-electron chi connectivity index (χ4n) is 2.91. The first kappa shape index (κ1) is 16.5. The maximum atomic E-state index is 12.8. The van der Waals surface area contributed by atoms with Crippen LogP contribution < -0.4 is 5.32 Å². The van der Waals surface area contributed by atoms with E-state index in [1.165, 1.54) is 0 Å². The molecule has 5 nitrogen and oxygen atoms in total. The largest absolute Gasteiger partial charge is 0.381 e. The minimum atomic E-state index is 0.0720. The summed E-state index contributed by atoms with van der Waals surface area (Å²) in [6, 6.07) is 11.4. The molecule has 0 spiro atoms. The molecular weight excluding hydrogens is 302 g/mol. The normalized spacial score (nSPS) is 16.8. The van der Waals surface area contributed by atoms with Crippen LogP contribution in [0.15, 0.2) is 48.8 Å². The van der Waals surface area contributed by atoms with E-state index in [0.717, 1.165) is 37.6 Å². The first-order valence-corrected chi connectivity index (χ1v) is 8.40. The van der Waals surface area contributed by atoms with Crippen LogP contribution in [0.1, 0.15) is 23.7 Å². The molecule has 1 fully saturated rings. The number of nitrogens with one attached hydrogen (secondary N) is 1. The minimum Gasteiger partial charge on any atom is -0.381 e. The predicted octanol–water partition coefficient (Wildman–Crippen LogP) is 3.32. The number of amides is 1. The topological polar surface area (TPSA) is 54.5 Å². The van der Waals surface area contributed by atoms with Crippen molar-refractivity contribution >= 4 is 17.3 Å². The van der Waals surface area contributed by atoms with Gasteiger partial charge in [-0.05, 0) is 43.7 Å². The van der Waals surface area contributed by atoms with E-state index >= 15 is 0 Å². The number of hydrogen-bond acceptors (Lipinski definition) is 4. The maximum absolute atomic E-state index is 12.8. The molecule has 1 N–H and O–H groups in total. The van der Waals surface area contributed by atoms with Crippen LogP contribution in [-0.2, 0) is 4.74 Å². The third kappa shape index (κ3) is 4.11. The fraction of sp³-hybridized carbons (Fsp3) is 0.368. The highest BCUT2D eigenvalue weighted by Gasteiger charge is 2.22. The Morgan fingerprint density at radius 3 is 2.83 bits per heavy atom. The molecule has 0 bridgehead atoms. The van der Waals surface area contributed by atoms with Crippen molar-refractivity contribution in [3.63, 3.8) is 0 Å². The number of anilines is 2. The average molecular weight is 325 g/mol. The second-order valence-corrected chi connectivity index (χ2v) is 6.02. The minimum absolute atomic E-state index is 0.0720. The second kappa shape index (κ2) is 7.93. The monoisotopic (exact) mass is 325 g/mol. The van der Waals surface area contributed by atoms with Gasteiger partial charge in [-0.2, -0.15) is 0 Å². The smallest absolute Gasteiger partial charge is 0.253 e. The second-order valence-electron chi connectivity index (χ2n) is 6.02. The molecule has 1 amide bonds. The van der Waals surface area contributed by atoms with Gasteiger partial charge in [0.2, 0.25) is 0 Å². The quantitative estimate of drug-likeness (QED) is 0.885. The lowest BCUT2D eigenvalue weighted by atomic mass is 10.1. The Kier molecular flexibility index (Phi) is 5.43. The van der Waals surface area contributed by atoms with E-state index in [0.29, 0.717) is 18.0 Å². The number of pyridine rings is 1. The predicted molar refractivity (Wildman–Crippen MR) is 94.5 cm³/mol. The molecule has 0 aliphatic carbocycles. The molecule has 24 heavy (non-hydrogen) atoms. The number of aromatic nitrogens is 1. The summed E-state index contributed by atoms with van der Waals surface area (Å²) in [5.74, 6) is 0.523. The fourth-order valence-corrected chi connectivity index (χ4v) is 2.91. The number of carbonyl (C=O) groups is 1. The summed E-state index contributed by atoms with van der Waals surface area (Å²) in [5, 5.41) is 3.30. The Morgan fingerprint density at radius 1 is 1.29 bits per heavy atom. The van der Waals surface area contributed by atoms with Gasteiger partial charge in [-0.1, -0.05) is 6.07 Å². The first-order valence-electron chi connectivity index (χ1n) is 8.40. The summed E-state index contributed by atoms with van der Waals surface area (Å²) in [5.41, 5.74) is 2.55. The van der Waals surface area contributed by atoms with E-state index in [2.05, 4.69) is 10.3 Å². The van der Waals surface area contributed by atoms with Crippen molar-refractivity contribution in [1.29, 1.82) is 0 Å². The van der Waals surface area contributed by atoms with Gasteiger partial charge in [0.15, 0.2) is 0 Å². The van der Waals surface area contributed by atoms with Crippen LogP contribution in [0.3, 0.4) is 0 Å². The van der Waals surface area contributed by atoms with Crippen molar-refractivity contribution in [3.8, 4) is 0 Å². The molecule has 2 aromatic rings. The molecule has 0 saturated carbocycles. The number of ether oxygens (including phenoxy) is 1. The zero-order valence-corrected chi connectivity index (χ0v) is 13.9. The molecule has 1 atom stereocenters. The van der Waals surface area contributed by atoms with Gasteiger partial charge in [0, 0.05) is 54.9 Å². The van der Waals surface area contributed by atoms with Crippen LogP contribution >= 0.6 is 0 Å². The summed E-state index contributed by atoms with van der Waals surface area (Å²) in [6.45, 7) is 5.05. The lowest BCUT2D eigenvalue weighted by molar-refractivity contribution is 0.0731. The summed E-state index contributed by atoms with van der Waals surface area (Å²) < 4.78 is 5.42. The number of nitrogens with zero attached hydrogens (tertiary/aromatic N) is 2. The van der Waals surface area contributed by atoms with Crippen molar-refractivity contribution in [2.75, 3.05) is 31.6 Å². The summed E-state index contributed by atoms with van der Waals surface area (Å²) in [7, 11) is 0. The van der Waals surface area contributed by atoms with Crippen LogP contribution in [0.4, 0.5) is 11.4 Å². The molecule has 0 unspecified atom stereocenters. The summed E-state index contributed by atoms with van der Waals surface area (Å²) in [6.07, 6.45) is 4.51. The summed E-state index contributed by atoms with van der Waals surface area (Å²) in [4.78, 5) is 18.7. The number of rotatable bonds is 6. The molecule has 1 saturated heterocycles. The van der Waals surface area contributed by atoms with Gasteiger partial charge in [-0.3, -0.25) is 9.78 Å². The third-order valence-electron chi connectivity index (χ3n) is 4.25. The lowest BCUT2D eigenvalue weighted by Gasteiger charge is -2.24. The Bertz CT molecular complexity index is 669. The first-order chi connectivity index (χ1) is 11.8. The molecule has 2 heterocycles. The Hall–Kier alpha value is -2.40. The molecule has 1 aromatic carbocycles. The molecule has 0 radical (unpaired) electrons. The zero-order valence-electron chi connectivity index (χ0n) is 13.9. The van der Waals surface area contributed by atoms with Crippen molar-refractivity contribution in [3.05, 3.63) is 54.4 Å². The van der Waals surface area contributed by atoms with E-state index in [4.69, 9.17) is 4.74 Å². The highest BCUT2D eigenvalue weighted by Crippen LogP contribution is 2.19. The van der Waals surface area contributed by atoms with Gasteiger partial charge in [-0.15, -0.1) is 0 Å². The van der Waals surface area contributed by atoms with Crippen molar-refractivity contribution in [2.45, 2.75) is 13.3 Å². The van der Waals surface area contributed by atoms with Gasteiger partial charge >= 0.3 is 0 Å². The van der Waals surface area contributed by atoms with Gasteiger partial charge in [0.05, 0.1) is 6.61 Å². The SMILES string of the molecule is CCN(C[C@@H]1CCOC1)C(=O)c1cccc(Nc2ccncc2)c1. The molecule has 1 aliphatic rings. The van der Waals surface area contributed by atoms with Crippen LogP contribution in [0.25, 0.3) is 0 Å². The third-order valence-corrected chi connectivity index (χ3v) is 4.25. The van der Waals surface area contributed by atoms with Crippen molar-refractivity contribution < 1.29 is 9.53 Å². The lowest BCUT2D eigenvalue weighted by Crippen LogP contribution is -2.35. The van der Waals surface area contributed by atoms with Crippen molar-refractivity contribution in [1.82, 2.24) is 9.88 Å². The van der Waals surface area contributed by atoms with Gasteiger partial charge in [-0.25, -0.2) is 0 Å². The van der Waals surface area contributed by atoms with E-state index in [-0.39, 0.29) is 5.91 Å². The van der Waals surface area contributed by atoms with E-state index < -0.39 is 0 Å². The highest BCUT2D eigenvalue weighted by molar-refractivity contribution is 5.95. The van der Waals surface area contributed by atoms with E-state index in [9.17, 15) is 4.79 Å². The highest BCUT2D eigenvalue weighted by atomic mass is 16.5. The number of hydrogen-bond donors (Lipinski definition) is 1. The van der Waals surface area contributed by atoms with Crippen LogP contribution in [-0.4, -0.2) is 42.1 Å². The molecule has 3 rings (SSSR count). The molecule has 5 heteroatoms. The maximum Gasteiger partial charge on any atom is 0.253 e.